The number of rotatable bonds is 2. The lowest BCUT2D eigenvalue weighted by atomic mass is 10.3. The van der Waals surface area contributed by atoms with E-state index < -0.39 is 0 Å². The summed E-state index contributed by atoms with van der Waals surface area (Å²) in [6.45, 7) is 8.13. The molecule has 1 saturated heterocycles. The van der Waals surface area contributed by atoms with Crippen LogP contribution in [0.25, 0.3) is 0 Å². The van der Waals surface area contributed by atoms with Gasteiger partial charge in [0.1, 0.15) is 0 Å². The molecule has 1 fully saturated rings. The van der Waals surface area contributed by atoms with Crippen molar-refractivity contribution >= 4 is 0 Å². The molecule has 3 nitrogen and oxygen atoms in total. The van der Waals surface area contributed by atoms with E-state index >= 15 is 0 Å². The van der Waals surface area contributed by atoms with Crippen LogP contribution in [0, 0.1) is 0 Å². The molecule has 0 bridgehead atoms. The quantitative estimate of drug-likeness (QED) is 0.575. The van der Waals surface area contributed by atoms with Crippen molar-refractivity contribution in [2.45, 2.75) is 6.92 Å². The van der Waals surface area contributed by atoms with Crippen molar-refractivity contribution in [2.75, 3.05) is 39.8 Å². The normalized spacial score (nSPS) is 23.4. The molecule has 1 aliphatic heterocycles. The SMILES string of the molecule is CCN1CCN(NC)CC1. The summed E-state index contributed by atoms with van der Waals surface area (Å²) < 4.78 is 0. The van der Waals surface area contributed by atoms with Gasteiger partial charge in [-0.3, -0.25) is 5.43 Å². The Hall–Kier alpha value is -0.120. The van der Waals surface area contributed by atoms with Crippen molar-refractivity contribution in [1.29, 1.82) is 0 Å². The van der Waals surface area contributed by atoms with Crippen LogP contribution in [-0.4, -0.2) is 49.7 Å². The van der Waals surface area contributed by atoms with Crippen LogP contribution in [0.5, 0.6) is 0 Å². The lowest BCUT2D eigenvalue weighted by Crippen LogP contribution is -2.50. The Morgan fingerprint density at radius 3 is 2.20 bits per heavy atom. The molecular formula is C7H17N3. The number of likely N-dealkylation sites (N-methyl/N-ethyl adjacent to an activating group) is 1. The second kappa shape index (κ2) is 3.91. The van der Waals surface area contributed by atoms with Crippen LogP contribution in [0.3, 0.4) is 0 Å². The predicted octanol–water partition coefficient (Wildman–Crippen LogP) is -0.242. The van der Waals surface area contributed by atoms with Crippen molar-refractivity contribution in [3.05, 3.63) is 0 Å². The predicted molar refractivity (Wildman–Crippen MR) is 42.7 cm³/mol. The lowest BCUT2D eigenvalue weighted by Gasteiger charge is -2.33. The topological polar surface area (TPSA) is 18.5 Å². The maximum Gasteiger partial charge on any atom is 0.0259 e. The van der Waals surface area contributed by atoms with Crippen molar-refractivity contribution in [2.24, 2.45) is 0 Å². The highest BCUT2D eigenvalue weighted by atomic mass is 15.5. The van der Waals surface area contributed by atoms with E-state index in [1.165, 1.54) is 19.6 Å². The Kier molecular flexibility index (Phi) is 3.12. The maximum atomic E-state index is 3.16. The maximum absolute atomic E-state index is 3.16. The molecule has 0 aromatic carbocycles. The Morgan fingerprint density at radius 1 is 1.20 bits per heavy atom. The van der Waals surface area contributed by atoms with Crippen molar-refractivity contribution in [3.63, 3.8) is 0 Å². The Labute approximate surface area is 63.0 Å². The zero-order valence-corrected chi connectivity index (χ0v) is 6.93. The molecule has 0 atom stereocenters. The summed E-state index contributed by atoms with van der Waals surface area (Å²) in [5, 5.41) is 2.26. The van der Waals surface area contributed by atoms with Gasteiger partial charge in [0.2, 0.25) is 0 Å². The number of hydrazine groups is 1. The molecule has 0 aliphatic carbocycles. The van der Waals surface area contributed by atoms with Gasteiger partial charge in [0.25, 0.3) is 0 Å². The van der Waals surface area contributed by atoms with E-state index in [4.69, 9.17) is 0 Å². The van der Waals surface area contributed by atoms with Crippen LogP contribution >= 0.6 is 0 Å². The molecule has 1 N–H and O–H groups in total. The number of hydrogen-bond acceptors (Lipinski definition) is 3. The van der Waals surface area contributed by atoms with E-state index in [2.05, 4.69) is 22.3 Å². The molecular weight excluding hydrogens is 126 g/mol. The van der Waals surface area contributed by atoms with Crippen LogP contribution in [0.2, 0.25) is 0 Å². The largest absolute Gasteiger partial charge is 0.301 e. The van der Waals surface area contributed by atoms with Gasteiger partial charge in [0, 0.05) is 26.2 Å². The molecule has 3 heteroatoms. The van der Waals surface area contributed by atoms with Gasteiger partial charge in [-0.15, -0.1) is 0 Å². The molecule has 10 heavy (non-hydrogen) atoms. The highest BCUT2D eigenvalue weighted by Crippen LogP contribution is 1.96. The molecule has 1 heterocycles. The fourth-order valence-corrected chi connectivity index (χ4v) is 1.29. The van der Waals surface area contributed by atoms with Gasteiger partial charge in [-0.2, -0.15) is 0 Å². The molecule has 1 aliphatic rings. The second-order valence-electron chi connectivity index (χ2n) is 2.64. The summed E-state index contributed by atoms with van der Waals surface area (Å²) >= 11 is 0. The van der Waals surface area contributed by atoms with E-state index in [9.17, 15) is 0 Å². The summed E-state index contributed by atoms with van der Waals surface area (Å²) in [5.41, 5.74) is 3.16. The third-order valence-corrected chi connectivity index (χ3v) is 2.14. The molecule has 0 radical (unpaired) electrons. The first-order valence-electron chi connectivity index (χ1n) is 4.01. The van der Waals surface area contributed by atoms with E-state index in [-0.39, 0.29) is 0 Å². The third-order valence-electron chi connectivity index (χ3n) is 2.14. The standard InChI is InChI=1S/C7H17N3/c1-3-9-4-6-10(8-2)7-5-9/h8H,3-7H2,1-2H3. The summed E-state index contributed by atoms with van der Waals surface area (Å²) in [7, 11) is 1.99. The zero-order chi connectivity index (χ0) is 7.40. The van der Waals surface area contributed by atoms with Gasteiger partial charge in [0.05, 0.1) is 0 Å². The molecule has 0 spiro atoms. The Bertz CT molecular complexity index is 74.9. The average molecular weight is 143 g/mol. The Morgan fingerprint density at radius 2 is 1.80 bits per heavy atom. The second-order valence-corrected chi connectivity index (χ2v) is 2.64. The number of nitrogens with one attached hydrogen (secondary N) is 1. The number of hydrogen-bond donors (Lipinski definition) is 1. The minimum atomic E-state index is 1.16. The average Bonchev–Trinajstić information content (AvgIpc) is 2.05. The van der Waals surface area contributed by atoms with Crippen molar-refractivity contribution in [1.82, 2.24) is 15.3 Å². The van der Waals surface area contributed by atoms with Crippen LogP contribution in [0.15, 0.2) is 0 Å². The molecule has 0 amide bonds. The van der Waals surface area contributed by atoms with Crippen LogP contribution < -0.4 is 5.43 Å². The van der Waals surface area contributed by atoms with Crippen molar-refractivity contribution < 1.29 is 0 Å². The summed E-state index contributed by atoms with van der Waals surface area (Å²) in [5.74, 6) is 0. The molecule has 0 saturated carbocycles. The summed E-state index contributed by atoms with van der Waals surface area (Å²) in [6, 6.07) is 0. The number of piperazine rings is 1. The molecule has 1 rings (SSSR count). The molecule has 0 aromatic rings. The zero-order valence-electron chi connectivity index (χ0n) is 6.93. The first kappa shape index (κ1) is 7.98. The smallest absolute Gasteiger partial charge is 0.0259 e. The van der Waals surface area contributed by atoms with Crippen LogP contribution in [0.4, 0.5) is 0 Å². The molecule has 60 valence electrons. The van der Waals surface area contributed by atoms with Gasteiger partial charge in [0.15, 0.2) is 0 Å². The Balaban J connectivity index is 2.17. The van der Waals surface area contributed by atoms with E-state index in [1.54, 1.807) is 0 Å². The van der Waals surface area contributed by atoms with Crippen molar-refractivity contribution in [3.8, 4) is 0 Å². The fraction of sp³-hybridized carbons (Fsp3) is 1.00. The van der Waals surface area contributed by atoms with Gasteiger partial charge >= 0.3 is 0 Å². The first-order chi connectivity index (χ1) is 4.86. The molecule has 0 unspecified atom stereocenters. The van der Waals surface area contributed by atoms with E-state index in [0.29, 0.717) is 0 Å². The first-order valence-corrected chi connectivity index (χ1v) is 4.01. The minimum Gasteiger partial charge on any atom is -0.301 e. The van der Waals surface area contributed by atoms with Gasteiger partial charge in [-0.05, 0) is 13.6 Å². The minimum absolute atomic E-state index is 1.16. The summed E-state index contributed by atoms with van der Waals surface area (Å²) in [6.07, 6.45) is 0. The third kappa shape index (κ3) is 1.94. The fourth-order valence-electron chi connectivity index (χ4n) is 1.29. The number of nitrogens with zero attached hydrogens (tertiary/aromatic N) is 2. The summed E-state index contributed by atoms with van der Waals surface area (Å²) in [4.78, 5) is 2.47. The van der Waals surface area contributed by atoms with Gasteiger partial charge in [-0.1, -0.05) is 6.92 Å². The van der Waals surface area contributed by atoms with Crippen LogP contribution in [0.1, 0.15) is 6.92 Å². The van der Waals surface area contributed by atoms with E-state index in [1.807, 2.05) is 7.05 Å². The van der Waals surface area contributed by atoms with Gasteiger partial charge < -0.3 is 4.90 Å². The monoisotopic (exact) mass is 143 g/mol. The van der Waals surface area contributed by atoms with Crippen LogP contribution in [-0.2, 0) is 0 Å². The highest BCUT2D eigenvalue weighted by Gasteiger charge is 2.12. The van der Waals surface area contributed by atoms with Gasteiger partial charge in [-0.25, -0.2) is 5.01 Å². The highest BCUT2D eigenvalue weighted by molar-refractivity contribution is 4.66. The lowest BCUT2D eigenvalue weighted by molar-refractivity contribution is 0.103. The molecule has 0 aromatic heterocycles. The van der Waals surface area contributed by atoms with E-state index in [0.717, 1.165) is 13.1 Å².